The first-order valence-corrected chi connectivity index (χ1v) is 10.6. The first kappa shape index (κ1) is 20.2. The zero-order valence-electron chi connectivity index (χ0n) is 17.3. The minimum absolute atomic E-state index is 0.104. The molecule has 2 aromatic carbocycles. The van der Waals surface area contributed by atoms with Gasteiger partial charge in [0.1, 0.15) is 6.17 Å². The monoisotopic (exact) mass is 428 g/mol. The van der Waals surface area contributed by atoms with Crippen LogP contribution in [-0.4, -0.2) is 43.2 Å². The molecule has 2 aliphatic heterocycles. The second-order valence-corrected chi connectivity index (χ2v) is 7.96. The van der Waals surface area contributed by atoms with Gasteiger partial charge in [0.15, 0.2) is 22.7 Å². The molecule has 0 aromatic heterocycles. The van der Waals surface area contributed by atoms with E-state index in [1.54, 1.807) is 26.3 Å². The fourth-order valence-electron chi connectivity index (χ4n) is 3.75. The van der Waals surface area contributed by atoms with Gasteiger partial charge in [0.2, 0.25) is 5.75 Å². The number of nitrogens with zero attached hydrogens (tertiary/aromatic N) is 2. The van der Waals surface area contributed by atoms with E-state index in [-0.39, 0.29) is 5.91 Å². The SMILES string of the molecule is CCSC1=NN2[C@@H](c3cc(OC)c(OC)c(OC)c3)Nc3ccccc3[C@@H]2C(=O)N1. The van der Waals surface area contributed by atoms with Crippen LogP contribution in [0.5, 0.6) is 17.2 Å². The number of thioether (sulfide) groups is 1. The number of para-hydroxylation sites is 1. The van der Waals surface area contributed by atoms with Crippen LogP contribution in [-0.2, 0) is 4.79 Å². The normalized spacial score (nSPS) is 19.7. The maximum absolute atomic E-state index is 13.1. The fourth-order valence-corrected chi connectivity index (χ4v) is 4.35. The van der Waals surface area contributed by atoms with Crippen molar-refractivity contribution in [2.24, 2.45) is 5.10 Å². The van der Waals surface area contributed by atoms with Gasteiger partial charge in [-0.2, -0.15) is 0 Å². The van der Waals surface area contributed by atoms with E-state index in [1.165, 1.54) is 11.8 Å². The molecule has 2 aromatic rings. The number of amides is 1. The van der Waals surface area contributed by atoms with E-state index in [1.807, 2.05) is 43.3 Å². The third-order valence-corrected chi connectivity index (χ3v) is 5.79. The molecule has 0 saturated heterocycles. The summed E-state index contributed by atoms with van der Waals surface area (Å²) < 4.78 is 16.5. The number of hydrogen-bond acceptors (Lipinski definition) is 8. The van der Waals surface area contributed by atoms with Gasteiger partial charge in [-0.1, -0.05) is 36.9 Å². The summed E-state index contributed by atoms with van der Waals surface area (Å²) in [7, 11) is 4.73. The lowest BCUT2D eigenvalue weighted by atomic mass is 9.97. The largest absolute Gasteiger partial charge is 0.493 e. The van der Waals surface area contributed by atoms with E-state index < -0.39 is 12.2 Å². The smallest absolute Gasteiger partial charge is 0.255 e. The minimum atomic E-state index is -0.548. The summed E-state index contributed by atoms with van der Waals surface area (Å²) in [5.41, 5.74) is 2.60. The average Bonchev–Trinajstić information content (AvgIpc) is 2.77. The van der Waals surface area contributed by atoms with Crippen molar-refractivity contribution < 1.29 is 19.0 Å². The number of hydrogen-bond donors (Lipinski definition) is 2. The van der Waals surface area contributed by atoms with Crippen molar-refractivity contribution in [1.29, 1.82) is 0 Å². The number of anilines is 1. The molecule has 2 aliphatic rings. The van der Waals surface area contributed by atoms with Crippen LogP contribution in [0.15, 0.2) is 41.5 Å². The third-order valence-electron chi connectivity index (χ3n) is 5.05. The summed E-state index contributed by atoms with van der Waals surface area (Å²) in [4.78, 5) is 13.1. The van der Waals surface area contributed by atoms with Crippen LogP contribution in [0.2, 0.25) is 0 Å². The molecule has 0 aliphatic carbocycles. The second-order valence-electron chi connectivity index (χ2n) is 6.70. The van der Waals surface area contributed by atoms with Crippen molar-refractivity contribution in [3.63, 3.8) is 0 Å². The van der Waals surface area contributed by atoms with Crippen molar-refractivity contribution in [3.05, 3.63) is 47.5 Å². The van der Waals surface area contributed by atoms with Crippen LogP contribution in [0.25, 0.3) is 0 Å². The predicted molar refractivity (Wildman–Crippen MR) is 117 cm³/mol. The Morgan fingerprint density at radius 3 is 2.43 bits per heavy atom. The van der Waals surface area contributed by atoms with E-state index in [4.69, 9.17) is 19.3 Å². The van der Waals surface area contributed by atoms with Crippen LogP contribution in [0.3, 0.4) is 0 Å². The molecule has 0 saturated carbocycles. The number of fused-ring (bicyclic) bond motifs is 3. The van der Waals surface area contributed by atoms with Gasteiger partial charge in [-0.25, -0.2) is 0 Å². The van der Waals surface area contributed by atoms with Crippen LogP contribution >= 0.6 is 11.8 Å². The van der Waals surface area contributed by atoms with E-state index in [2.05, 4.69) is 10.6 Å². The molecule has 0 spiro atoms. The molecular formula is C21H24N4O4S. The number of methoxy groups -OCH3 is 3. The highest BCUT2D eigenvalue weighted by atomic mass is 32.2. The van der Waals surface area contributed by atoms with Gasteiger partial charge in [-0.05, 0) is 24.0 Å². The van der Waals surface area contributed by atoms with Crippen LogP contribution < -0.4 is 24.8 Å². The van der Waals surface area contributed by atoms with Crippen molar-refractivity contribution in [2.75, 3.05) is 32.4 Å². The Kier molecular flexibility index (Phi) is 5.63. The fraction of sp³-hybridized carbons (Fsp3) is 0.333. The minimum Gasteiger partial charge on any atom is -0.493 e. The highest BCUT2D eigenvalue weighted by Crippen LogP contribution is 2.46. The standard InChI is InChI=1S/C21H24N4O4S/c1-5-30-21-23-20(26)17-13-8-6-7-9-14(13)22-19(25(17)24-21)12-10-15(27-2)18(29-4)16(11-12)28-3/h6-11,17,19,22H,5H2,1-4H3,(H,23,24,26)/t17-,19+/m1/s1. The highest BCUT2D eigenvalue weighted by Gasteiger charge is 2.42. The van der Waals surface area contributed by atoms with Gasteiger partial charge >= 0.3 is 0 Å². The topological polar surface area (TPSA) is 84.4 Å². The lowest BCUT2D eigenvalue weighted by Gasteiger charge is -2.43. The maximum Gasteiger partial charge on any atom is 0.255 e. The molecule has 8 nitrogen and oxygen atoms in total. The Labute approximate surface area is 179 Å². The zero-order chi connectivity index (χ0) is 21.3. The molecular weight excluding hydrogens is 404 g/mol. The molecule has 158 valence electrons. The van der Waals surface area contributed by atoms with E-state index >= 15 is 0 Å². The molecule has 30 heavy (non-hydrogen) atoms. The van der Waals surface area contributed by atoms with Gasteiger partial charge in [-0.15, -0.1) is 5.10 Å². The van der Waals surface area contributed by atoms with Crippen molar-refractivity contribution >= 4 is 28.5 Å². The Morgan fingerprint density at radius 1 is 1.10 bits per heavy atom. The lowest BCUT2D eigenvalue weighted by Crippen LogP contribution is -2.50. The molecule has 4 rings (SSSR count). The average molecular weight is 429 g/mol. The molecule has 0 radical (unpaired) electrons. The molecule has 9 heteroatoms. The molecule has 0 bridgehead atoms. The van der Waals surface area contributed by atoms with Gasteiger partial charge < -0.3 is 24.8 Å². The van der Waals surface area contributed by atoms with Crippen LogP contribution in [0.4, 0.5) is 5.69 Å². The van der Waals surface area contributed by atoms with Crippen LogP contribution in [0.1, 0.15) is 30.3 Å². The van der Waals surface area contributed by atoms with Gasteiger partial charge in [0, 0.05) is 16.8 Å². The Hall–Kier alpha value is -3.07. The van der Waals surface area contributed by atoms with E-state index in [0.717, 1.165) is 22.6 Å². The Balaban J connectivity index is 1.87. The van der Waals surface area contributed by atoms with Gasteiger partial charge in [-0.3, -0.25) is 9.80 Å². The molecule has 2 N–H and O–H groups in total. The molecule has 2 heterocycles. The van der Waals surface area contributed by atoms with E-state index in [9.17, 15) is 4.79 Å². The first-order valence-electron chi connectivity index (χ1n) is 9.57. The molecule has 2 atom stereocenters. The first-order chi connectivity index (χ1) is 14.6. The summed E-state index contributed by atoms with van der Waals surface area (Å²) in [5.74, 6) is 2.29. The third kappa shape index (κ3) is 3.39. The summed E-state index contributed by atoms with van der Waals surface area (Å²) in [6.45, 7) is 2.02. The van der Waals surface area contributed by atoms with E-state index in [0.29, 0.717) is 22.4 Å². The Morgan fingerprint density at radius 2 is 1.80 bits per heavy atom. The number of ether oxygens (including phenoxy) is 3. The number of amidine groups is 1. The highest BCUT2D eigenvalue weighted by molar-refractivity contribution is 8.13. The second kappa shape index (κ2) is 8.35. The molecule has 1 amide bonds. The quantitative estimate of drug-likeness (QED) is 0.756. The van der Waals surface area contributed by atoms with Crippen molar-refractivity contribution in [3.8, 4) is 17.2 Å². The summed E-state index contributed by atoms with van der Waals surface area (Å²) in [6.07, 6.45) is -0.405. The van der Waals surface area contributed by atoms with Gasteiger partial charge in [0.25, 0.3) is 5.91 Å². The number of carbonyl (C=O) groups excluding carboxylic acids is 1. The maximum atomic E-state index is 13.1. The number of hydrazone groups is 1. The summed E-state index contributed by atoms with van der Waals surface area (Å²) in [6, 6.07) is 11.0. The number of benzene rings is 2. The summed E-state index contributed by atoms with van der Waals surface area (Å²) >= 11 is 1.49. The number of carbonyl (C=O) groups is 1. The molecule has 0 fully saturated rings. The summed E-state index contributed by atoms with van der Waals surface area (Å²) in [5, 5.41) is 13.6. The predicted octanol–water partition coefficient (Wildman–Crippen LogP) is 3.33. The zero-order valence-corrected chi connectivity index (χ0v) is 18.1. The lowest BCUT2D eigenvalue weighted by molar-refractivity contribution is -0.127. The van der Waals surface area contributed by atoms with Crippen LogP contribution in [0, 0.1) is 0 Å². The molecule has 0 unspecified atom stereocenters. The van der Waals surface area contributed by atoms with Gasteiger partial charge in [0.05, 0.1) is 21.3 Å². The Bertz CT molecular complexity index is 972. The number of nitrogens with one attached hydrogen (secondary N) is 2. The van der Waals surface area contributed by atoms with Crippen molar-refractivity contribution in [1.82, 2.24) is 10.3 Å². The van der Waals surface area contributed by atoms with Crippen molar-refractivity contribution in [2.45, 2.75) is 19.1 Å². The number of rotatable bonds is 5.